The first kappa shape index (κ1) is 25.0. The van der Waals surface area contributed by atoms with Crippen LogP contribution in [0.1, 0.15) is 52.0 Å². The largest absolute Gasteiger partial charge is 0.465 e. The third-order valence-corrected chi connectivity index (χ3v) is 5.94. The minimum absolute atomic E-state index is 0.102. The molecule has 3 aromatic rings. The summed E-state index contributed by atoms with van der Waals surface area (Å²) in [5.41, 5.74) is 2.44. The smallest absolute Gasteiger partial charge is 0.337 e. The number of aromatic nitrogens is 3. The summed E-state index contributed by atoms with van der Waals surface area (Å²) in [7, 11) is 1.30. The lowest BCUT2D eigenvalue weighted by Gasteiger charge is -2.15. The molecule has 0 aliphatic heterocycles. The van der Waals surface area contributed by atoms with Crippen molar-refractivity contribution in [3.63, 3.8) is 0 Å². The molecule has 0 saturated heterocycles. The van der Waals surface area contributed by atoms with Crippen LogP contribution in [-0.4, -0.2) is 45.4 Å². The van der Waals surface area contributed by atoms with Crippen LogP contribution in [0.15, 0.2) is 53.7 Å². The topological polar surface area (TPSA) is 115 Å². The fourth-order valence-electron chi connectivity index (χ4n) is 3.32. The Balaban J connectivity index is 1.62. The number of hydrogen-bond donors (Lipinski definition) is 2. The van der Waals surface area contributed by atoms with Crippen LogP contribution in [0.4, 0.5) is 5.69 Å². The predicted molar refractivity (Wildman–Crippen MR) is 130 cm³/mol. The summed E-state index contributed by atoms with van der Waals surface area (Å²) in [4.78, 5) is 36.7. The summed E-state index contributed by atoms with van der Waals surface area (Å²) in [5, 5.41) is 14.8. The number of carbonyl (C=O) groups excluding carboxylic acids is 3. The van der Waals surface area contributed by atoms with Gasteiger partial charge in [-0.05, 0) is 51.1 Å². The summed E-state index contributed by atoms with van der Waals surface area (Å²) in [6.07, 6.45) is 0. The van der Waals surface area contributed by atoms with E-state index in [-0.39, 0.29) is 23.6 Å². The average molecular weight is 482 g/mol. The second kappa shape index (κ2) is 11.5. The molecule has 178 valence electrons. The monoisotopic (exact) mass is 481 g/mol. The van der Waals surface area contributed by atoms with Crippen LogP contribution in [0, 0.1) is 6.92 Å². The van der Waals surface area contributed by atoms with Crippen LogP contribution < -0.4 is 10.6 Å². The number of amides is 2. The van der Waals surface area contributed by atoms with Crippen LogP contribution in [0.25, 0.3) is 0 Å². The van der Waals surface area contributed by atoms with Gasteiger partial charge in [0.2, 0.25) is 5.91 Å². The second-order valence-electron chi connectivity index (χ2n) is 7.56. The van der Waals surface area contributed by atoms with Gasteiger partial charge >= 0.3 is 5.97 Å². The van der Waals surface area contributed by atoms with Crippen LogP contribution in [0.2, 0.25) is 0 Å². The molecule has 0 spiro atoms. The molecule has 34 heavy (non-hydrogen) atoms. The highest BCUT2D eigenvalue weighted by Crippen LogP contribution is 2.21. The first-order chi connectivity index (χ1) is 16.3. The van der Waals surface area contributed by atoms with Gasteiger partial charge in [0, 0.05) is 17.8 Å². The molecular formula is C24H27N5O4S. The van der Waals surface area contributed by atoms with E-state index in [1.807, 2.05) is 43.5 Å². The molecule has 3 rings (SSSR count). The molecule has 2 N–H and O–H groups in total. The summed E-state index contributed by atoms with van der Waals surface area (Å²) >= 11 is 1.24. The quantitative estimate of drug-likeness (QED) is 0.354. The van der Waals surface area contributed by atoms with Crippen LogP contribution in [-0.2, 0) is 16.1 Å². The molecule has 0 bridgehead atoms. The number of nitrogens with zero attached hydrogens (tertiary/aromatic N) is 3. The predicted octanol–water partition coefficient (Wildman–Crippen LogP) is 3.61. The minimum atomic E-state index is -0.474. The highest BCUT2D eigenvalue weighted by molar-refractivity contribution is 7.99. The lowest BCUT2D eigenvalue weighted by Crippen LogP contribution is -2.28. The Kier molecular flexibility index (Phi) is 8.42. The second-order valence-corrected chi connectivity index (χ2v) is 8.50. The number of thioether (sulfide) groups is 1. The van der Waals surface area contributed by atoms with Crippen molar-refractivity contribution in [2.45, 2.75) is 38.5 Å². The Bertz CT molecular complexity index is 1190. The van der Waals surface area contributed by atoms with Crippen molar-refractivity contribution < 1.29 is 19.1 Å². The molecule has 10 heteroatoms. The van der Waals surface area contributed by atoms with E-state index in [1.54, 1.807) is 30.3 Å². The Morgan fingerprint density at radius 2 is 1.82 bits per heavy atom. The van der Waals surface area contributed by atoms with Crippen LogP contribution in [0.3, 0.4) is 0 Å². The fourth-order valence-corrected chi connectivity index (χ4v) is 4.13. The molecule has 0 radical (unpaired) electrons. The third-order valence-electron chi connectivity index (χ3n) is 4.98. The standard InChI is InChI=1S/C24H27N5O4S/c1-5-29-21(16(3)25-22(31)17-9-6-8-15(2)12-17)27-28-24(29)34-14-20(30)26-19-11-7-10-18(13-19)23(32)33-4/h6-13,16H,5,14H2,1-4H3,(H,25,31)(H,26,30)/t16-/m0/s1. The van der Waals surface area contributed by atoms with Gasteiger partial charge in [-0.25, -0.2) is 4.79 Å². The van der Waals surface area contributed by atoms with E-state index in [0.717, 1.165) is 5.56 Å². The van der Waals surface area contributed by atoms with Gasteiger partial charge in [-0.2, -0.15) is 0 Å². The zero-order valence-corrected chi connectivity index (χ0v) is 20.3. The van der Waals surface area contributed by atoms with Gasteiger partial charge in [-0.1, -0.05) is 35.5 Å². The maximum absolute atomic E-state index is 12.6. The molecule has 0 aliphatic carbocycles. The van der Waals surface area contributed by atoms with Crippen molar-refractivity contribution in [2.24, 2.45) is 0 Å². The minimum Gasteiger partial charge on any atom is -0.465 e. The average Bonchev–Trinajstić information content (AvgIpc) is 3.25. The molecule has 2 amide bonds. The van der Waals surface area contributed by atoms with E-state index in [4.69, 9.17) is 4.74 Å². The molecule has 0 aliphatic rings. The van der Waals surface area contributed by atoms with Gasteiger partial charge in [0.1, 0.15) is 0 Å². The summed E-state index contributed by atoms with van der Waals surface area (Å²) in [5.74, 6) is -0.204. The zero-order valence-electron chi connectivity index (χ0n) is 19.5. The maximum Gasteiger partial charge on any atom is 0.337 e. The molecule has 0 fully saturated rings. The number of nitrogens with one attached hydrogen (secondary N) is 2. The molecule has 0 saturated carbocycles. The van der Waals surface area contributed by atoms with Crippen molar-refractivity contribution in [3.8, 4) is 0 Å². The van der Waals surface area contributed by atoms with Crippen LogP contribution in [0.5, 0.6) is 0 Å². The highest BCUT2D eigenvalue weighted by atomic mass is 32.2. The van der Waals surface area contributed by atoms with Crippen molar-refractivity contribution in [3.05, 3.63) is 71.0 Å². The number of hydrogen-bond acceptors (Lipinski definition) is 7. The first-order valence-corrected chi connectivity index (χ1v) is 11.7. The molecule has 0 unspecified atom stereocenters. The SMILES string of the molecule is CCn1c(SCC(=O)Nc2cccc(C(=O)OC)c2)nnc1[C@H](C)NC(=O)c1cccc(C)c1. The maximum atomic E-state index is 12.6. The highest BCUT2D eigenvalue weighted by Gasteiger charge is 2.20. The van der Waals surface area contributed by atoms with E-state index in [9.17, 15) is 14.4 Å². The van der Waals surface area contributed by atoms with Crippen molar-refractivity contribution in [1.29, 1.82) is 0 Å². The van der Waals surface area contributed by atoms with E-state index in [0.29, 0.717) is 34.3 Å². The Hall–Kier alpha value is -3.66. The zero-order chi connectivity index (χ0) is 24.7. The Morgan fingerprint density at radius 1 is 1.09 bits per heavy atom. The number of rotatable bonds is 9. The van der Waals surface area contributed by atoms with Crippen molar-refractivity contribution in [1.82, 2.24) is 20.1 Å². The number of anilines is 1. The van der Waals surface area contributed by atoms with Gasteiger partial charge in [0.15, 0.2) is 11.0 Å². The summed E-state index contributed by atoms with van der Waals surface area (Å²) in [6.45, 7) is 6.31. The van der Waals surface area contributed by atoms with Crippen LogP contribution >= 0.6 is 11.8 Å². The molecule has 1 heterocycles. The van der Waals surface area contributed by atoms with E-state index < -0.39 is 5.97 Å². The van der Waals surface area contributed by atoms with Crippen molar-refractivity contribution in [2.75, 3.05) is 18.2 Å². The summed E-state index contributed by atoms with van der Waals surface area (Å²) < 4.78 is 6.58. The number of methoxy groups -OCH3 is 1. The molecule has 1 atom stereocenters. The summed E-state index contributed by atoms with van der Waals surface area (Å²) in [6, 6.07) is 13.5. The normalized spacial score (nSPS) is 11.5. The Morgan fingerprint density at radius 3 is 2.53 bits per heavy atom. The Labute approximate surface area is 202 Å². The number of esters is 1. The fraction of sp³-hybridized carbons (Fsp3) is 0.292. The number of aryl methyl sites for hydroxylation is 1. The van der Waals surface area contributed by atoms with Gasteiger partial charge in [0.05, 0.1) is 24.5 Å². The lowest BCUT2D eigenvalue weighted by atomic mass is 10.1. The lowest BCUT2D eigenvalue weighted by molar-refractivity contribution is -0.113. The van der Waals surface area contributed by atoms with E-state index in [1.165, 1.54) is 18.9 Å². The van der Waals surface area contributed by atoms with Crippen molar-refractivity contribution >= 4 is 35.2 Å². The van der Waals surface area contributed by atoms with Gasteiger partial charge < -0.3 is 19.9 Å². The van der Waals surface area contributed by atoms with E-state index >= 15 is 0 Å². The molecular weight excluding hydrogens is 454 g/mol. The first-order valence-electron chi connectivity index (χ1n) is 10.7. The molecule has 2 aromatic carbocycles. The molecule has 1 aromatic heterocycles. The number of carbonyl (C=O) groups is 3. The third kappa shape index (κ3) is 6.22. The number of ether oxygens (including phenoxy) is 1. The van der Waals surface area contributed by atoms with Gasteiger partial charge in [0.25, 0.3) is 5.91 Å². The van der Waals surface area contributed by atoms with Gasteiger partial charge in [-0.3, -0.25) is 9.59 Å². The number of benzene rings is 2. The molecule has 9 nitrogen and oxygen atoms in total. The van der Waals surface area contributed by atoms with E-state index in [2.05, 4.69) is 20.8 Å². The van der Waals surface area contributed by atoms with Gasteiger partial charge in [-0.15, -0.1) is 10.2 Å².